The number of carbonyl (C=O) groups excluding carboxylic acids is 1. The summed E-state index contributed by atoms with van der Waals surface area (Å²) in [7, 11) is 3.14. The SMILES string of the molecule is COc1cccc(CNC(=O)N(Cc2ccccc2F)C2CC2)c1OC. The van der Waals surface area contributed by atoms with Gasteiger partial charge in [0.05, 0.1) is 20.8 Å². The monoisotopic (exact) mass is 358 g/mol. The fourth-order valence-electron chi connectivity index (χ4n) is 2.93. The fourth-order valence-corrected chi connectivity index (χ4v) is 2.93. The smallest absolute Gasteiger partial charge is 0.318 e. The molecule has 1 saturated carbocycles. The van der Waals surface area contributed by atoms with E-state index in [0.29, 0.717) is 23.6 Å². The van der Waals surface area contributed by atoms with Gasteiger partial charge in [-0.25, -0.2) is 9.18 Å². The first-order valence-electron chi connectivity index (χ1n) is 8.61. The number of methoxy groups -OCH3 is 2. The summed E-state index contributed by atoms with van der Waals surface area (Å²) in [6.45, 7) is 0.568. The number of hydrogen-bond acceptors (Lipinski definition) is 3. The van der Waals surface area contributed by atoms with E-state index in [-0.39, 0.29) is 24.4 Å². The summed E-state index contributed by atoms with van der Waals surface area (Å²) in [5, 5.41) is 2.92. The van der Waals surface area contributed by atoms with Crippen molar-refractivity contribution in [3.05, 3.63) is 59.4 Å². The van der Waals surface area contributed by atoms with Gasteiger partial charge in [0.2, 0.25) is 0 Å². The van der Waals surface area contributed by atoms with E-state index < -0.39 is 0 Å². The Bertz CT molecular complexity index is 777. The van der Waals surface area contributed by atoms with E-state index in [0.717, 1.165) is 18.4 Å². The van der Waals surface area contributed by atoms with Crippen molar-refractivity contribution in [2.24, 2.45) is 0 Å². The van der Waals surface area contributed by atoms with Gasteiger partial charge in [-0.05, 0) is 25.0 Å². The van der Waals surface area contributed by atoms with E-state index in [1.165, 1.54) is 6.07 Å². The number of nitrogens with one attached hydrogen (secondary N) is 1. The van der Waals surface area contributed by atoms with Gasteiger partial charge in [-0.1, -0.05) is 30.3 Å². The first-order valence-corrected chi connectivity index (χ1v) is 8.61. The summed E-state index contributed by atoms with van der Waals surface area (Å²) >= 11 is 0. The van der Waals surface area contributed by atoms with Gasteiger partial charge in [0.25, 0.3) is 0 Å². The lowest BCUT2D eigenvalue weighted by molar-refractivity contribution is 0.190. The number of benzene rings is 2. The third kappa shape index (κ3) is 4.07. The molecule has 26 heavy (non-hydrogen) atoms. The minimum atomic E-state index is -0.291. The van der Waals surface area contributed by atoms with Crippen molar-refractivity contribution < 1.29 is 18.7 Å². The van der Waals surface area contributed by atoms with Crippen LogP contribution < -0.4 is 14.8 Å². The van der Waals surface area contributed by atoms with Crippen molar-refractivity contribution in [1.82, 2.24) is 10.2 Å². The Morgan fingerprint density at radius 1 is 1.12 bits per heavy atom. The maximum Gasteiger partial charge on any atom is 0.318 e. The number of nitrogens with zero attached hydrogens (tertiary/aromatic N) is 1. The molecular weight excluding hydrogens is 335 g/mol. The topological polar surface area (TPSA) is 50.8 Å². The molecule has 1 aliphatic carbocycles. The summed E-state index contributed by atoms with van der Waals surface area (Å²) < 4.78 is 24.6. The van der Waals surface area contributed by atoms with Crippen molar-refractivity contribution >= 4 is 6.03 Å². The number of urea groups is 1. The van der Waals surface area contributed by atoms with E-state index in [4.69, 9.17) is 9.47 Å². The van der Waals surface area contributed by atoms with Gasteiger partial charge in [0, 0.05) is 23.7 Å². The molecule has 2 amide bonds. The predicted octanol–water partition coefficient (Wildman–Crippen LogP) is 3.72. The van der Waals surface area contributed by atoms with E-state index >= 15 is 0 Å². The molecule has 1 aliphatic rings. The predicted molar refractivity (Wildman–Crippen MR) is 96.7 cm³/mol. The third-order valence-electron chi connectivity index (χ3n) is 4.46. The largest absolute Gasteiger partial charge is 0.493 e. The quantitative estimate of drug-likeness (QED) is 0.821. The van der Waals surface area contributed by atoms with Gasteiger partial charge >= 0.3 is 6.03 Å². The first kappa shape index (κ1) is 18.0. The molecule has 6 heteroatoms. The number of hydrogen-bond donors (Lipinski definition) is 1. The molecule has 0 atom stereocenters. The van der Waals surface area contributed by atoms with Gasteiger partial charge in [0.1, 0.15) is 5.82 Å². The Morgan fingerprint density at radius 3 is 2.50 bits per heavy atom. The van der Waals surface area contributed by atoms with Crippen molar-refractivity contribution in [1.29, 1.82) is 0 Å². The number of para-hydroxylation sites is 1. The molecule has 0 radical (unpaired) electrons. The molecule has 5 nitrogen and oxygen atoms in total. The fraction of sp³-hybridized carbons (Fsp3) is 0.350. The summed E-state index contributed by atoms with van der Waals surface area (Å²) in [4.78, 5) is 14.4. The summed E-state index contributed by atoms with van der Waals surface area (Å²) in [6, 6.07) is 12.0. The highest BCUT2D eigenvalue weighted by Crippen LogP contribution is 2.31. The molecular formula is C20H23FN2O3. The average molecular weight is 358 g/mol. The molecule has 0 heterocycles. The zero-order valence-corrected chi connectivity index (χ0v) is 15.0. The molecule has 3 rings (SSSR count). The Balaban J connectivity index is 1.69. The molecule has 0 aliphatic heterocycles. The van der Waals surface area contributed by atoms with Crippen LogP contribution in [0, 0.1) is 5.82 Å². The van der Waals surface area contributed by atoms with Gasteiger partial charge in [-0.2, -0.15) is 0 Å². The highest BCUT2D eigenvalue weighted by atomic mass is 19.1. The van der Waals surface area contributed by atoms with Crippen LogP contribution in [0.1, 0.15) is 24.0 Å². The lowest BCUT2D eigenvalue weighted by atomic mass is 10.2. The van der Waals surface area contributed by atoms with Gasteiger partial charge in [0.15, 0.2) is 11.5 Å². The van der Waals surface area contributed by atoms with Crippen LogP contribution in [-0.4, -0.2) is 31.2 Å². The molecule has 2 aromatic rings. The molecule has 0 spiro atoms. The molecule has 0 bridgehead atoms. The van der Waals surface area contributed by atoms with Crippen LogP contribution in [0.5, 0.6) is 11.5 Å². The second-order valence-electron chi connectivity index (χ2n) is 6.26. The highest BCUT2D eigenvalue weighted by Gasteiger charge is 2.33. The van der Waals surface area contributed by atoms with Crippen LogP contribution in [0.25, 0.3) is 0 Å². The molecule has 1 N–H and O–H groups in total. The Kier molecular flexibility index (Phi) is 5.61. The maximum atomic E-state index is 13.9. The number of rotatable bonds is 7. The Hall–Kier alpha value is -2.76. The summed E-state index contributed by atoms with van der Waals surface area (Å²) in [5.74, 6) is 0.924. The highest BCUT2D eigenvalue weighted by molar-refractivity contribution is 5.75. The van der Waals surface area contributed by atoms with E-state index in [1.54, 1.807) is 43.4 Å². The molecule has 1 fully saturated rings. The minimum Gasteiger partial charge on any atom is -0.493 e. The zero-order valence-electron chi connectivity index (χ0n) is 15.0. The number of halogens is 1. The average Bonchev–Trinajstić information content (AvgIpc) is 3.50. The van der Waals surface area contributed by atoms with Crippen molar-refractivity contribution in [3.63, 3.8) is 0 Å². The van der Waals surface area contributed by atoms with Crippen LogP contribution in [0.4, 0.5) is 9.18 Å². The van der Waals surface area contributed by atoms with E-state index in [2.05, 4.69) is 5.32 Å². The summed E-state index contributed by atoms with van der Waals surface area (Å²) in [6.07, 6.45) is 1.90. The molecule has 2 aromatic carbocycles. The van der Waals surface area contributed by atoms with E-state index in [9.17, 15) is 9.18 Å². The first-order chi connectivity index (χ1) is 12.6. The van der Waals surface area contributed by atoms with Gasteiger partial charge < -0.3 is 19.7 Å². The molecule has 0 saturated heterocycles. The van der Waals surface area contributed by atoms with Gasteiger partial charge in [-0.15, -0.1) is 0 Å². The van der Waals surface area contributed by atoms with Crippen LogP contribution in [0.2, 0.25) is 0 Å². The van der Waals surface area contributed by atoms with Crippen LogP contribution in [0.15, 0.2) is 42.5 Å². The Morgan fingerprint density at radius 2 is 1.85 bits per heavy atom. The lowest BCUT2D eigenvalue weighted by Gasteiger charge is -2.23. The second-order valence-corrected chi connectivity index (χ2v) is 6.26. The number of carbonyl (C=O) groups is 1. The van der Waals surface area contributed by atoms with Gasteiger partial charge in [-0.3, -0.25) is 0 Å². The van der Waals surface area contributed by atoms with Crippen LogP contribution in [0.3, 0.4) is 0 Å². The maximum absolute atomic E-state index is 13.9. The minimum absolute atomic E-state index is 0.168. The van der Waals surface area contributed by atoms with E-state index in [1.807, 2.05) is 12.1 Å². The Labute approximate surface area is 152 Å². The number of amides is 2. The third-order valence-corrected chi connectivity index (χ3v) is 4.46. The summed E-state index contributed by atoms with van der Waals surface area (Å²) in [5.41, 5.74) is 1.34. The van der Waals surface area contributed by atoms with Crippen LogP contribution >= 0.6 is 0 Å². The number of ether oxygens (including phenoxy) is 2. The van der Waals surface area contributed by atoms with Crippen molar-refractivity contribution in [2.75, 3.05) is 14.2 Å². The zero-order chi connectivity index (χ0) is 18.5. The molecule has 138 valence electrons. The standard InChI is InChI=1S/C20H23FN2O3/c1-25-18-9-5-7-14(19(18)26-2)12-22-20(24)23(16-10-11-16)13-15-6-3-4-8-17(15)21/h3-9,16H,10-13H2,1-2H3,(H,22,24). The van der Waals surface area contributed by atoms with Crippen molar-refractivity contribution in [2.45, 2.75) is 32.0 Å². The lowest BCUT2D eigenvalue weighted by Crippen LogP contribution is -2.40. The second kappa shape index (κ2) is 8.08. The van der Waals surface area contributed by atoms with Crippen molar-refractivity contribution in [3.8, 4) is 11.5 Å². The van der Waals surface area contributed by atoms with Crippen LogP contribution in [-0.2, 0) is 13.1 Å². The molecule has 0 aromatic heterocycles. The normalized spacial score (nSPS) is 13.2. The molecule has 0 unspecified atom stereocenters.